The highest BCUT2D eigenvalue weighted by atomic mass is 16.5. The van der Waals surface area contributed by atoms with Gasteiger partial charge in [0.1, 0.15) is 11.5 Å². The number of carboxylic acids is 1. The Hall–Kier alpha value is -4.66. The molecule has 39 heavy (non-hydrogen) atoms. The average Bonchev–Trinajstić information content (AvgIpc) is 3.20. The van der Waals surface area contributed by atoms with Gasteiger partial charge >= 0.3 is 5.97 Å². The van der Waals surface area contributed by atoms with Crippen LogP contribution in [0.2, 0.25) is 0 Å². The molecule has 2 N–H and O–H groups in total. The molecule has 3 aromatic rings. The highest BCUT2D eigenvalue weighted by Gasteiger charge is 2.27. The van der Waals surface area contributed by atoms with E-state index in [1.165, 1.54) is 0 Å². The van der Waals surface area contributed by atoms with Gasteiger partial charge in [0.2, 0.25) is 11.8 Å². The molecule has 0 atom stereocenters. The smallest absolute Gasteiger partial charge is 0.303 e. The number of amides is 1. The quantitative estimate of drug-likeness (QED) is 0.371. The van der Waals surface area contributed by atoms with Crippen molar-refractivity contribution in [2.45, 2.75) is 32.7 Å². The van der Waals surface area contributed by atoms with Crippen molar-refractivity contribution in [2.24, 2.45) is 0 Å². The molecule has 202 valence electrons. The molecular weight excluding hydrogens is 498 g/mol. The number of ether oxygens (including phenoxy) is 3. The van der Waals surface area contributed by atoms with E-state index in [0.29, 0.717) is 29.5 Å². The van der Waals surface area contributed by atoms with Crippen LogP contribution >= 0.6 is 0 Å². The van der Waals surface area contributed by atoms with E-state index in [4.69, 9.17) is 19.3 Å². The number of nitrogens with one attached hydrogen (secondary N) is 1. The minimum absolute atomic E-state index is 0.0392. The van der Waals surface area contributed by atoms with Gasteiger partial charge in [-0.25, -0.2) is 4.98 Å². The zero-order valence-corrected chi connectivity index (χ0v) is 22.4. The van der Waals surface area contributed by atoms with Crippen LogP contribution in [-0.4, -0.2) is 48.3 Å². The lowest BCUT2D eigenvalue weighted by Crippen LogP contribution is -2.22. The van der Waals surface area contributed by atoms with E-state index in [1.54, 1.807) is 39.9 Å². The first-order valence-corrected chi connectivity index (χ1v) is 12.4. The Labute approximate surface area is 227 Å². The van der Waals surface area contributed by atoms with Gasteiger partial charge in [-0.1, -0.05) is 0 Å². The molecule has 1 amide bonds. The number of aliphatic carboxylic acids is 1. The predicted octanol–water partition coefficient (Wildman–Crippen LogP) is 4.55. The molecule has 4 rings (SSSR count). The number of pyridine rings is 2. The molecule has 0 fully saturated rings. The van der Waals surface area contributed by atoms with Crippen molar-refractivity contribution < 1.29 is 28.9 Å². The molecule has 9 nitrogen and oxygen atoms in total. The molecule has 2 heterocycles. The Morgan fingerprint density at radius 1 is 1.00 bits per heavy atom. The van der Waals surface area contributed by atoms with Gasteiger partial charge in [-0.15, -0.1) is 0 Å². The topological polar surface area (TPSA) is 120 Å². The zero-order valence-electron chi connectivity index (χ0n) is 22.4. The van der Waals surface area contributed by atoms with E-state index in [-0.39, 0.29) is 25.2 Å². The van der Waals surface area contributed by atoms with Crippen molar-refractivity contribution in [3.05, 3.63) is 82.3 Å². The van der Waals surface area contributed by atoms with E-state index >= 15 is 0 Å². The average molecular weight is 530 g/mol. The minimum Gasteiger partial charge on any atom is -0.496 e. The van der Waals surface area contributed by atoms with Gasteiger partial charge in [-0.2, -0.15) is 0 Å². The number of hydrogen-bond donors (Lipinski definition) is 2. The number of carboxylic acid groups (broad SMARTS) is 1. The summed E-state index contributed by atoms with van der Waals surface area (Å²) in [6, 6.07) is 9.29. The van der Waals surface area contributed by atoms with Gasteiger partial charge in [0.25, 0.3) is 0 Å². The summed E-state index contributed by atoms with van der Waals surface area (Å²) in [7, 11) is 4.65. The Balaban J connectivity index is 1.70. The Bertz CT molecular complexity index is 1420. The monoisotopic (exact) mass is 529 g/mol. The third kappa shape index (κ3) is 6.26. The second-order valence-electron chi connectivity index (χ2n) is 9.04. The summed E-state index contributed by atoms with van der Waals surface area (Å²) in [5.74, 6) is 0.560. The van der Waals surface area contributed by atoms with Crippen LogP contribution in [0.1, 0.15) is 47.6 Å². The van der Waals surface area contributed by atoms with E-state index in [1.807, 2.05) is 43.3 Å². The van der Waals surface area contributed by atoms with Crippen LogP contribution in [-0.2, 0) is 22.6 Å². The SMILES string of the molecule is COc1cc2c(cn1)/C(=C\c1cc(OC)c(CCC(=O)O)c(OC)c1)C(C)=C2CC(=O)NCc1ccncc1. The van der Waals surface area contributed by atoms with Gasteiger partial charge < -0.3 is 24.6 Å². The van der Waals surface area contributed by atoms with E-state index in [2.05, 4.69) is 15.3 Å². The number of carbonyl (C=O) groups excluding carboxylic acids is 1. The van der Waals surface area contributed by atoms with Gasteiger partial charge in [-0.3, -0.25) is 14.6 Å². The predicted molar refractivity (Wildman–Crippen MR) is 147 cm³/mol. The summed E-state index contributed by atoms with van der Waals surface area (Å²) < 4.78 is 16.5. The lowest BCUT2D eigenvalue weighted by Gasteiger charge is -2.14. The second kappa shape index (κ2) is 12.3. The second-order valence-corrected chi connectivity index (χ2v) is 9.04. The zero-order chi connectivity index (χ0) is 27.9. The standard InChI is InChI=1S/C30H31N3O6/c1-18-22(11-20-12-26(37-2)21(5-6-30(35)36)27(13-20)38-3)25-17-33-29(39-4)15-24(25)23(18)14-28(34)32-16-19-7-9-31-10-8-19/h7-13,15,17H,5-6,14,16H2,1-4H3,(H,32,34)(H,35,36)/b22-11-. The summed E-state index contributed by atoms with van der Waals surface area (Å²) in [6.07, 6.45) is 7.57. The molecule has 1 aliphatic rings. The first-order valence-electron chi connectivity index (χ1n) is 12.4. The molecule has 0 spiro atoms. The van der Waals surface area contributed by atoms with Crippen molar-refractivity contribution in [1.29, 1.82) is 0 Å². The molecule has 0 aliphatic heterocycles. The van der Waals surface area contributed by atoms with E-state index in [9.17, 15) is 9.59 Å². The van der Waals surface area contributed by atoms with Gasteiger partial charge in [0, 0.05) is 48.7 Å². The van der Waals surface area contributed by atoms with E-state index in [0.717, 1.165) is 39.0 Å². The summed E-state index contributed by atoms with van der Waals surface area (Å²) in [6.45, 7) is 2.40. The number of methoxy groups -OCH3 is 3. The molecule has 0 radical (unpaired) electrons. The van der Waals surface area contributed by atoms with Crippen LogP contribution in [0, 0.1) is 0 Å². The Morgan fingerprint density at radius 2 is 1.69 bits per heavy atom. The minimum atomic E-state index is -0.895. The lowest BCUT2D eigenvalue weighted by atomic mass is 9.99. The van der Waals surface area contributed by atoms with Crippen LogP contribution in [0.4, 0.5) is 0 Å². The Kier molecular flexibility index (Phi) is 8.60. The van der Waals surface area contributed by atoms with Crippen LogP contribution < -0.4 is 19.5 Å². The molecule has 1 aromatic carbocycles. The third-order valence-corrected chi connectivity index (χ3v) is 6.67. The number of nitrogens with zero attached hydrogens (tertiary/aromatic N) is 2. The molecule has 0 saturated heterocycles. The number of rotatable bonds is 11. The van der Waals surface area contributed by atoms with Crippen molar-refractivity contribution in [1.82, 2.24) is 15.3 Å². The first kappa shape index (κ1) is 27.4. The fourth-order valence-electron chi connectivity index (χ4n) is 4.65. The van der Waals surface area contributed by atoms with Crippen molar-refractivity contribution in [3.8, 4) is 17.4 Å². The van der Waals surface area contributed by atoms with E-state index < -0.39 is 5.97 Å². The maximum Gasteiger partial charge on any atom is 0.303 e. The molecule has 0 bridgehead atoms. The molecule has 1 aliphatic carbocycles. The maximum absolute atomic E-state index is 13.0. The Morgan fingerprint density at radius 3 is 2.31 bits per heavy atom. The lowest BCUT2D eigenvalue weighted by molar-refractivity contribution is -0.137. The van der Waals surface area contributed by atoms with Crippen LogP contribution in [0.25, 0.3) is 17.2 Å². The number of allylic oxidation sites excluding steroid dienone is 2. The van der Waals surface area contributed by atoms with Gasteiger partial charge in [0.15, 0.2) is 0 Å². The fourth-order valence-corrected chi connectivity index (χ4v) is 4.65. The number of hydrogen-bond acceptors (Lipinski definition) is 7. The molecule has 0 unspecified atom stereocenters. The third-order valence-electron chi connectivity index (χ3n) is 6.67. The summed E-state index contributed by atoms with van der Waals surface area (Å²) in [4.78, 5) is 32.5. The number of fused-ring (bicyclic) bond motifs is 1. The fraction of sp³-hybridized carbons (Fsp3) is 0.267. The van der Waals surface area contributed by atoms with Gasteiger partial charge in [-0.05, 0) is 77.1 Å². The summed E-state index contributed by atoms with van der Waals surface area (Å²) >= 11 is 0. The highest BCUT2D eigenvalue weighted by molar-refractivity contribution is 6.08. The number of aromatic nitrogens is 2. The molecular formula is C30H31N3O6. The number of carbonyl (C=O) groups is 2. The number of benzene rings is 1. The van der Waals surface area contributed by atoms with Crippen molar-refractivity contribution in [2.75, 3.05) is 21.3 Å². The maximum atomic E-state index is 13.0. The van der Waals surface area contributed by atoms with Crippen LogP contribution in [0.5, 0.6) is 17.4 Å². The summed E-state index contributed by atoms with van der Waals surface area (Å²) in [5, 5.41) is 12.1. The largest absolute Gasteiger partial charge is 0.496 e. The van der Waals surface area contributed by atoms with Gasteiger partial charge in [0.05, 0.1) is 27.8 Å². The highest BCUT2D eigenvalue weighted by Crippen LogP contribution is 2.45. The molecule has 2 aromatic heterocycles. The normalized spacial score (nSPS) is 13.3. The van der Waals surface area contributed by atoms with Crippen molar-refractivity contribution >= 4 is 29.1 Å². The van der Waals surface area contributed by atoms with Crippen LogP contribution in [0.3, 0.4) is 0 Å². The first-order chi connectivity index (χ1) is 18.8. The molecule has 0 saturated carbocycles. The van der Waals surface area contributed by atoms with Crippen molar-refractivity contribution in [3.63, 3.8) is 0 Å². The molecule has 9 heteroatoms. The van der Waals surface area contributed by atoms with Crippen LogP contribution in [0.15, 0.2) is 54.5 Å². The summed E-state index contributed by atoms with van der Waals surface area (Å²) in [5.41, 5.74) is 7.01.